The molecule has 6 nitrogen and oxygen atoms in total. The van der Waals surface area contributed by atoms with E-state index in [1.807, 2.05) is 0 Å². The van der Waals surface area contributed by atoms with Crippen LogP contribution in [0, 0.1) is 0 Å². The van der Waals surface area contributed by atoms with Crippen LogP contribution in [0.4, 0.5) is 0 Å². The van der Waals surface area contributed by atoms with Gasteiger partial charge in [-0.25, -0.2) is 0 Å². The summed E-state index contributed by atoms with van der Waals surface area (Å²) in [7, 11) is 2.28. The van der Waals surface area contributed by atoms with Crippen molar-refractivity contribution in [1.82, 2.24) is 0 Å². The Morgan fingerprint density at radius 1 is 1.36 bits per heavy atom. The van der Waals surface area contributed by atoms with Crippen LogP contribution in [-0.2, 0) is 24.5 Å². The number of unbranched alkanes of at least 4 members (excludes halogenated alkanes) is 1. The first-order valence-corrected chi connectivity index (χ1v) is 7.02. The van der Waals surface area contributed by atoms with Crippen molar-refractivity contribution in [2.45, 2.75) is 19.3 Å². The summed E-state index contributed by atoms with van der Waals surface area (Å²) in [5.41, 5.74) is 0. The molecule has 0 aliphatic rings. The summed E-state index contributed by atoms with van der Waals surface area (Å²) in [6.45, 7) is 0. The van der Waals surface area contributed by atoms with Gasteiger partial charge in [0.2, 0.25) is 0 Å². The van der Waals surface area contributed by atoms with Gasteiger partial charge in [-0.2, -0.15) is 0 Å². The van der Waals surface area contributed by atoms with E-state index in [9.17, 15) is 13.3 Å². The van der Waals surface area contributed by atoms with Crippen molar-refractivity contribution in [3.8, 4) is 0 Å². The molecule has 0 aromatic heterocycles. The van der Waals surface area contributed by atoms with Gasteiger partial charge in [0.1, 0.15) is 0 Å². The first-order valence-electron chi connectivity index (χ1n) is 3.95. The average molecular weight is 268 g/mol. The molecule has 0 unspecified atom stereocenters. The Labute approximate surface area is 85.2 Å². The van der Waals surface area contributed by atoms with E-state index in [0.29, 0.717) is 12.7 Å². The van der Waals surface area contributed by atoms with Crippen LogP contribution < -0.4 is 0 Å². The van der Waals surface area contributed by atoms with Crippen LogP contribution in [0.15, 0.2) is 0 Å². The molecule has 0 N–H and O–H groups in total. The molecule has 0 amide bonds. The summed E-state index contributed by atoms with van der Waals surface area (Å²) in [5, 5.41) is 0. The third-order valence-electron chi connectivity index (χ3n) is 1.36. The van der Waals surface area contributed by atoms with E-state index in [2.05, 4.69) is 11.2 Å². The third kappa shape index (κ3) is 5.21. The van der Waals surface area contributed by atoms with Gasteiger partial charge in [0.25, 0.3) is 0 Å². The van der Waals surface area contributed by atoms with Crippen LogP contribution in [0.1, 0.15) is 19.3 Å². The fourth-order valence-electron chi connectivity index (χ4n) is 0.649. The summed E-state index contributed by atoms with van der Waals surface area (Å²) in [4.78, 5) is 20.9. The molecule has 0 aliphatic carbocycles. The number of hydrogen-bond donors (Lipinski definition) is 0. The normalized spacial score (nSPS) is 11.0. The Morgan fingerprint density at radius 3 is 2.36 bits per heavy atom. The fourth-order valence-corrected chi connectivity index (χ4v) is 1.99. The second-order valence-corrected chi connectivity index (χ2v) is 6.13. The number of rotatable bonds is 7. The van der Waals surface area contributed by atoms with Crippen LogP contribution in [0.5, 0.6) is 0 Å². The second-order valence-electron chi connectivity index (χ2n) is 2.33. The van der Waals surface area contributed by atoms with Gasteiger partial charge in [0, 0.05) is 0 Å². The zero-order chi connectivity index (χ0) is 11.0. The molecule has 0 radical (unpaired) electrons. The Hall–Kier alpha value is -0.582. The molecule has 0 atom stereocenters. The van der Waals surface area contributed by atoms with Crippen molar-refractivity contribution >= 4 is 26.8 Å². The van der Waals surface area contributed by atoms with Crippen LogP contribution in [0.3, 0.4) is 0 Å². The summed E-state index contributed by atoms with van der Waals surface area (Å²) in [6.07, 6.45) is 1.36. The van der Waals surface area contributed by atoms with Crippen LogP contribution >= 0.6 is 0 Å². The van der Waals surface area contributed by atoms with Crippen molar-refractivity contribution in [2.75, 3.05) is 14.2 Å². The summed E-state index contributed by atoms with van der Waals surface area (Å²) in [6, 6.07) is 0. The fraction of sp³-hybridized carbons (Fsp3) is 0.714. The SMILES string of the molecule is CO[As](=O)(OC)OC(=O)CCCC=O. The van der Waals surface area contributed by atoms with Crippen LogP contribution in [0.2, 0.25) is 0 Å². The molecule has 7 heteroatoms. The zero-order valence-corrected chi connectivity index (χ0v) is 9.97. The molecular formula is C7H13AsO6. The molecule has 0 aromatic carbocycles. The monoisotopic (exact) mass is 268 g/mol. The number of hydrogen-bond acceptors (Lipinski definition) is 6. The first kappa shape index (κ1) is 13.4. The maximum absolute atomic E-state index is 11.3. The van der Waals surface area contributed by atoms with E-state index in [4.69, 9.17) is 0 Å². The minimum atomic E-state index is -4.35. The summed E-state index contributed by atoms with van der Waals surface area (Å²) in [5.74, 6) is -0.682. The number of carbonyl (C=O) groups is 2. The molecule has 0 bridgehead atoms. The van der Waals surface area contributed by atoms with E-state index in [1.165, 1.54) is 0 Å². The van der Waals surface area contributed by atoms with E-state index in [1.54, 1.807) is 0 Å². The zero-order valence-electron chi connectivity index (χ0n) is 8.10. The second kappa shape index (κ2) is 6.81. The van der Waals surface area contributed by atoms with Gasteiger partial charge in [0.05, 0.1) is 0 Å². The van der Waals surface area contributed by atoms with Gasteiger partial charge >= 0.3 is 84.8 Å². The van der Waals surface area contributed by atoms with Crippen molar-refractivity contribution in [2.24, 2.45) is 0 Å². The van der Waals surface area contributed by atoms with Gasteiger partial charge in [0.15, 0.2) is 0 Å². The minimum absolute atomic E-state index is 0.0246. The van der Waals surface area contributed by atoms with Gasteiger partial charge < -0.3 is 0 Å². The predicted octanol–water partition coefficient (Wildman–Crippen LogP) is 0.0577. The number of carbonyl (C=O) groups excluding carboxylic acids is 2. The van der Waals surface area contributed by atoms with Gasteiger partial charge in [-0.3, -0.25) is 0 Å². The average Bonchev–Trinajstić information content (AvgIpc) is 2.18. The van der Waals surface area contributed by atoms with E-state index < -0.39 is 20.5 Å². The summed E-state index contributed by atoms with van der Waals surface area (Å²) >= 11 is -4.35. The molecule has 0 heterocycles. The van der Waals surface area contributed by atoms with Crippen LogP contribution in [-0.4, -0.2) is 41.0 Å². The van der Waals surface area contributed by atoms with E-state index in [0.717, 1.165) is 14.2 Å². The summed E-state index contributed by atoms with van der Waals surface area (Å²) < 4.78 is 24.7. The molecule has 0 aromatic rings. The molecule has 0 saturated heterocycles. The first-order chi connectivity index (χ1) is 6.58. The molecular weight excluding hydrogens is 255 g/mol. The van der Waals surface area contributed by atoms with Crippen LogP contribution in [0.25, 0.3) is 0 Å². The molecule has 0 aliphatic heterocycles. The Balaban J connectivity index is 3.92. The quantitative estimate of drug-likeness (QED) is 0.369. The Morgan fingerprint density at radius 2 is 1.93 bits per heavy atom. The molecule has 0 rings (SSSR count). The van der Waals surface area contributed by atoms with Crippen molar-refractivity contribution in [3.05, 3.63) is 0 Å². The molecule has 0 fully saturated rings. The third-order valence-corrected chi connectivity index (χ3v) is 4.14. The molecule has 82 valence electrons. The topological polar surface area (TPSA) is 78.9 Å². The van der Waals surface area contributed by atoms with Gasteiger partial charge in [-0.15, -0.1) is 0 Å². The predicted molar refractivity (Wildman–Crippen MR) is 46.5 cm³/mol. The number of aldehydes is 1. The van der Waals surface area contributed by atoms with Gasteiger partial charge in [-0.1, -0.05) is 0 Å². The molecule has 0 saturated carbocycles. The molecule has 14 heavy (non-hydrogen) atoms. The maximum atomic E-state index is 11.3. The van der Waals surface area contributed by atoms with Crippen molar-refractivity contribution in [3.63, 3.8) is 0 Å². The Kier molecular flexibility index (Phi) is 6.53. The molecule has 0 spiro atoms. The van der Waals surface area contributed by atoms with E-state index in [-0.39, 0.29) is 12.8 Å². The Bertz CT molecular complexity index is 230. The van der Waals surface area contributed by atoms with Gasteiger partial charge in [-0.05, 0) is 0 Å². The standard InChI is InChI=1S/C7H13AsO6/c1-12-8(11,13-2)14-7(10)5-3-4-6-9/h6H,3-5H2,1-2H3. The van der Waals surface area contributed by atoms with Crippen molar-refractivity contribution in [1.29, 1.82) is 0 Å². The van der Waals surface area contributed by atoms with E-state index >= 15 is 0 Å². The van der Waals surface area contributed by atoms with Crippen molar-refractivity contribution < 1.29 is 24.5 Å².